The van der Waals surface area contributed by atoms with Crippen molar-refractivity contribution in [1.29, 1.82) is 0 Å². The molecule has 0 radical (unpaired) electrons. The van der Waals surface area contributed by atoms with Gasteiger partial charge in [-0.15, -0.1) is 5.10 Å². The Kier molecular flexibility index (Phi) is 4.08. The fourth-order valence-electron chi connectivity index (χ4n) is 3.25. The molecule has 0 unspecified atom stereocenters. The normalized spacial score (nSPS) is 16.5. The Hall–Kier alpha value is -2.54. The Morgan fingerprint density at radius 3 is 2.67 bits per heavy atom. The van der Waals surface area contributed by atoms with Gasteiger partial charge in [0.25, 0.3) is 0 Å². The number of hydrogen-bond acceptors (Lipinski definition) is 6. The van der Waals surface area contributed by atoms with Gasteiger partial charge in [-0.25, -0.2) is 9.67 Å². The average Bonchev–Trinajstić information content (AvgIpc) is 3.26. The van der Waals surface area contributed by atoms with E-state index >= 15 is 0 Å². The zero-order valence-corrected chi connectivity index (χ0v) is 13.7. The molecular formula is C17H20N6O. The fraction of sp³-hybridized carbons (Fsp3) is 0.412. The number of likely N-dealkylation sites (tertiary alicyclic amines) is 1. The van der Waals surface area contributed by atoms with Crippen molar-refractivity contribution >= 4 is 0 Å². The third kappa shape index (κ3) is 3.07. The van der Waals surface area contributed by atoms with Gasteiger partial charge in [0.15, 0.2) is 5.82 Å². The first-order valence-electron chi connectivity index (χ1n) is 8.24. The number of aryl methyl sites for hydroxylation is 1. The number of piperidine rings is 1. The van der Waals surface area contributed by atoms with Crippen molar-refractivity contribution in [3.05, 3.63) is 48.1 Å². The number of benzene rings is 1. The van der Waals surface area contributed by atoms with Gasteiger partial charge in [0.05, 0.1) is 12.7 Å². The van der Waals surface area contributed by atoms with E-state index in [1.807, 2.05) is 43.6 Å². The van der Waals surface area contributed by atoms with Gasteiger partial charge in [-0.2, -0.15) is 0 Å². The lowest BCUT2D eigenvalue weighted by Gasteiger charge is -2.30. The van der Waals surface area contributed by atoms with E-state index < -0.39 is 0 Å². The summed E-state index contributed by atoms with van der Waals surface area (Å²) in [5, 5.41) is 11.8. The highest BCUT2D eigenvalue weighted by molar-refractivity contribution is 5.52. The van der Waals surface area contributed by atoms with Crippen molar-refractivity contribution in [2.24, 2.45) is 7.05 Å². The van der Waals surface area contributed by atoms with E-state index in [1.165, 1.54) is 0 Å². The minimum absolute atomic E-state index is 0.441. The molecule has 124 valence electrons. The maximum atomic E-state index is 5.90. The van der Waals surface area contributed by atoms with Gasteiger partial charge in [-0.05, 0) is 48.5 Å². The van der Waals surface area contributed by atoms with Crippen LogP contribution in [0.25, 0.3) is 11.5 Å². The molecule has 0 N–H and O–H groups in total. The molecule has 4 rings (SSSR count). The number of tetrazole rings is 1. The van der Waals surface area contributed by atoms with Gasteiger partial charge >= 0.3 is 0 Å². The lowest BCUT2D eigenvalue weighted by molar-refractivity contribution is 0.187. The van der Waals surface area contributed by atoms with Crippen LogP contribution in [0.4, 0.5) is 0 Å². The van der Waals surface area contributed by atoms with Gasteiger partial charge in [0, 0.05) is 18.5 Å². The first-order valence-corrected chi connectivity index (χ1v) is 8.24. The second kappa shape index (κ2) is 6.52. The van der Waals surface area contributed by atoms with Crippen LogP contribution in [-0.4, -0.2) is 43.2 Å². The highest BCUT2D eigenvalue weighted by Crippen LogP contribution is 2.27. The van der Waals surface area contributed by atoms with E-state index in [4.69, 9.17) is 4.42 Å². The van der Waals surface area contributed by atoms with E-state index in [0.29, 0.717) is 11.8 Å². The molecule has 1 aliphatic rings. The molecule has 1 aliphatic heterocycles. The van der Waals surface area contributed by atoms with Crippen LogP contribution in [0.15, 0.2) is 40.9 Å². The Morgan fingerprint density at radius 1 is 1.17 bits per heavy atom. The minimum atomic E-state index is 0.441. The van der Waals surface area contributed by atoms with Crippen molar-refractivity contribution in [3.63, 3.8) is 0 Å². The number of oxazole rings is 1. The smallest absolute Gasteiger partial charge is 0.226 e. The molecule has 7 nitrogen and oxygen atoms in total. The van der Waals surface area contributed by atoms with E-state index in [1.54, 1.807) is 4.68 Å². The largest absolute Gasteiger partial charge is 0.440 e. The molecule has 0 atom stereocenters. The summed E-state index contributed by atoms with van der Waals surface area (Å²) in [4.78, 5) is 6.79. The number of nitrogens with zero attached hydrogens (tertiary/aromatic N) is 6. The first-order chi connectivity index (χ1) is 11.8. The van der Waals surface area contributed by atoms with Crippen LogP contribution in [0.3, 0.4) is 0 Å². The molecule has 1 saturated heterocycles. The maximum Gasteiger partial charge on any atom is 0.226 e. The van der Waals surface area contributed by atoms with Crippen molar-refractivity contribution in [3.8, 4) is 11.5 Å². The fourth-order valence-corrected chi connectivity index (χ4v) is 3.25. The van der Waals surface area contributed by atoms with Gasteiger partial charge in [0.2, 0.25) is 5.89 Å². The van der Waals surface area contributed by atoms with E-state index in [0.717, 1.165) is 49.6 Å². The van der Waals surface area contributed by atoms with Crippen LogP contribution in [0.1, 0.15) is 30.3 Å². The van der Waals surface area contributed by atoms with Crippen LogP contribution < -0.4 is 0 Å². The molecule has 3 heterocycles. The predicted molar refractivity (Wildman–Crippen MR) is 88.0 cm³/mol. The number of aromatic nitrogens is 5. The summed E-state index contributed by atoms with van der Waals surface area (Å²) in [7, 11) is 1.90. The lowest BCUT2D eigenvalue weighted by atomic mass is 9.96. The van der Waals surface area contributed by atoms with E-state index in [9.17, 15) is 0 Å². The third-order valence-electron chi connectivity index (χ3n) is 4.56. The summed E-state index contributed by atoms with van der Waals surface area (Å²) in [6.45, 7) is 2.82. The Labute approximate surface area is 140 Å². The summed E-state index contributed by atoms with van der Waals surface area (Å²) in [5.41, 5.74) is 1.01. The van der Waals surface area contributed by atoms with E-state index in [2.05, 4.69) is 25.4 Å². The molecular weight excluding hydrogens is 304 g/mol. The first kappa shape index (κ1) is 15.0. The predicted octanol–water partition coefficient (Wildman–Crippen LogP) is 2.24. The Bertz CT molecular complexity index is 788. The van der Waals surface area contributed by atoms with Crippen LogP contribution in [0.2, 0.25) is 0 Å². The third-order valence-corrected chi connectivity index (χ3v) is 4.56. The molecule has 0 bridgehead atoms. The van der Waals surface area contributed by atoms with Crippen LogP contribution in [0, 0.1) is 0 Å². The van der Waals surface area contributed by atoms with Crippen molar-refractivity contribution in [1.82, 2.24) is 30.1 Å². The van der Waals surface area contributed by atoms with Crippen LogP contribution >= 0.6 is 0 Å². The minimum Gasteiger partial charge on any atom is -0.440 e. The SMILES string of the molecule is Cn1nnnc1C1CCN(Cc2cnc(-c3ccccc3)o2)CC1. The van der Waals surface area contributed by atoms with Gasteiger partial charge in [-0.3, -0.25) is 4.90 Å². The number of hydrogen-bond donors (Lipinski definition) is 0. The zero-order valence-electron chi connectivity index (χ0n) is 13.7. The highest BCUT2D eigenvalue weighted by Gasteiger charge is 2.25. The average molecular weight is 324 g/mol. The maximum absolute atomic E-state index is 5.90. The summed E-state index contributed by atoms with van der Waals surface area (Å²) in [5.74, 6) is 3.02. The Balaban J connectivity index is 1.36. The summed E-state index contributed by atoms with van der Waals surface area (Å²) < 4.78 is 7.68. The molecule has 24 heavy (non-hydrogen) atoms. The second-order valence-corrected chi connectivity index (χ2v) is 6.21. The van der Waals surface area contributed by atoms with Crippen molar-refractivity contribution in [2.75, 3.05) is 13.1 Å². The molecule has 2 aromatic heterocycles. The second-order valence-electron chi connectivity index (χ2n) is 6.21. The van der Waals surface area contributed by atoms with Gasteiger partial charge in [0.1, 0.15) is 5.76 Å². The molecule has 7 heteroatoms. The topological polar surface area (TPSA) is 72.9 Å². The molecule has 1 fully saturated rings. The zero-order chi connectivity index (χ0) is 16.4. The highest BCUT2D eigenvalue weighted by atomic mass is 16.4. The quantitative estimate of drug-likeness (QED) is 0.733. The van der Waals surface area contributed by atoms with E-state index in [-0.39, 0.29) is 0 Å². The van der Waals surface area contributed by atoms with Gasteiger partial charge in [-0.1, -0.05) is 18.2 Å². The van der Waals surface area contributed by atoms with Crippen LogP contribution in [0.5, 0.6) is 0 Å². The number of rotatable bonds is 4. The monoisotopic (exact) mass is 324 g/mol. The summed E-state index contributed by atoms with van der Waals surface area (Å²) in [6.07, 6.45) is 3.96. The van der Waals surface area contributed by atoms with Crippen LogP contribution in [-0.2, 0) is 13.6 Å². The van der Waals surface area contributed by atoms with Gasteiger partial charge < -0.3 is 4.42 Å². The van der Waals surface area contributed by atoms with Crippen molar-refractivity contribution in [2.45, 2.75) is 25.3 Å². The molecule has 0 spiro atoms. The molecule has 0 saturated carbocycles. The van der Waals surface area contributed by atoms with Crippen molar-refractivity contribution < 1.29 is 4.42 Å². The lowest BCUT2D eigenvalue weighted by Crippen LogP contribution is -2.33. The molecule has 0 aliphatic carbocycles. The Morgan fingerprint density at radius 2 is 1.96 bits per heavy atom. The standard InChI is InChI=1S/C17H20N6O/c1-22-16(19-20-21-22)13-7-9-23(10-8-13)12-15-11-18-17(24-15)14-5-3-2-4-6-14/h2-6,11,13H,7-10,12H2,1H3. The summed E-state index contributed by atoms with van der Waals surface area (Å²) >= 11 is 0. The summed E-state index contributed by atoms with van der Waals surface area (Å²) in [6, 6.07) is 9.99. The molecule has 0 amide bonds. The molecule has 1 aromatic carbocycles. The molecule has 3 aromatic rings.